The maximum Gasteiger partial charge on any atom is 0.416 e. The Labute approximate surface area is 84.1 Å². The molecule has 0 atom stereocenters. The maximum atomic E-state index is 13.3. The van der Waals surface area contributed by atoms with Crippen molar-refractivity contribution in [2.45, 2.75) is 19.1 Å². The molecule has 0 unspecified atom stereocenters. The van der Waals surface area contributed by atoms with Gasteiger partial charge in [-0.2, -0.15) is 13.2 Å². The number of rotatable bonds is 0. The molecule has 0 saturated carbocycles. The molecule has 1 aromatic carbocycles. The molecule has 82 valence electrons. The average Bonchev–Trinajstić information content (AvgIpc) is 2.16. The Morgan fingerprint density at radius 3 is 2.60 bits per heavy atom. The lowest BCUT2D eigenvalue weighted by Gasteiger charge is -2.19. The third kappa shape index (κ3) is 1.97. The highest BCUT2D eigenvalue weighted by Crippen LogP contribution is 2.32. The maximum absolute atomic E-state index is 13.3. The van der Waals surface area contributed by atoms with Gasteiger partial charge in [-0.3, -0.25) is 0 Å². The van der Waals surface area contributed by atoms with Crippen molar-refractivity contribution in [3.8, 4) is 0 Å². The Hall–Kier alpha value is -1.10. The fraction of sp³-hybridized carbons (Fsp3) is 0.400. The first-order valence-corrected chi connectivity index (χ1v) is 4.57. The lowest BCUT2D eigenvalue weighted by molar-refractivity contribution is -0.137. The SMILES string of the molecule is Fc1cc(C(F)(F)F)cc2c1CCNC2. The second-order valence-electron chi connectivity index (χ2n) is 3.52. The fourth-order valence-electron chi connectivity index (χ4n) is 1.73. The first-order chi connectivity index (χ1) is 6.98. The Morgan fingerprint density at radius 1 is 1.20 bits per heavy atom. The van der Waals surface area contributed by atoms with E-state index in [-0.39, 0.29) is 0 Å². The molecule has 1 heterocycles. The fourth-order valence-corrected chi connectivity index (χ4v) is 1.73. The molecule has 0 radical (unpaired) electrons. The summed E-state index contributed by atoms with van der Waals surface area (Å²) in [6.07, 6.45) is -4.04. The second-order valence-corrected chi connectivity index (χ2v) is 3.52. The molecule has 0 amide bonds. The predicted molar refractivity (Wildman–Crippen MR) is 46.8 cm³/mol. The lowest BCUT2D eigenvalue weighted by atomic mass is 9.97. The minimum atomic E-state index is -4.48. The highest BCUT2D eigenvalue weighted by atomic mass is 19.4. The number of benzene rings is 1. The van der Waals surface area contributed by atoms with Crippen LogP contribution < -0.4 is 5.32 Å². The van der Waals surface area contributed by atoms with Crippen LogP contribution >= 0.6 is 0 Å². The number of hydrogen-bond donors (Lipinski definition) is 1. The van der Waals surface area contributed by atoms with Gasteiger partial charge in [-0.1, -0.05) is 0 Å². The smallest absolute Gasteiger partial charge is 0.312 e. The molecule has 0 aromatic heterocycles. The Bertz CT molecular complexity index is 384. The molecular weight excluding hydrogens is 210 g/mol. The summed E-state index contributed by atoms with van der Waals surface area (Å²) < 4.78 is 50.4. The van der Waals surface area contributed by atoms with Crippen molar-refractivity contribution in [3.05, 3.63) is 34.6 Å². The third-order valence-corrected chi connectivity index (χ3v) is 2.48. The molecule has 0 aliphatic carbocycles. The van der Waals surface area contributed by atoms with Crippen LogP contribution in [-0.2, 0) is 19.1 Å². The van der Waals surface area contributed by atoms with Crippen LogP contribution in [0.3, 0.4) is 0 Å². The van der Waals surface area contributed by atoms with Gasteiger partial charge in [0.15, 0.2) is 0 Å². The summed E-state index contributed by atoms with van der Waals surface area (Å²) in [6, 6.07) is 1.59. The average molecular weight is 219 g/mol. The first kappa shape index (κ1) is 10.4. The lowest BCUT2D eigenvalue weighted by Crippen LogP contribution is -2.25. The van der Waals surface area contributed by atoms with Crippen LogP contribution in [0.1, 0.15) is 16.7 Å². The van der Waals surface area contributed by atoms with E-state index in [9.17, 15) is 17.6 Å². The number of alkyl halides is 3. The number of fused-ring (bicyclic) bond motifs is 1. The second kappa shape index (κ2) is 3.48. The van der Waals surface area contributed by atoms with Crippen LogP contribution in [0.4, 0.5) is 17.6 Å². The zero-order valence-corrected chi connectivity index (χ0v) is 7.79. The zero-order chi connectivity index (χ0) is 11.1. The summed E-state index contributed by atoms with van der Waals surface area (Å²) in [4.78, 5) is 0. The molecule has 0 saturated heterocycles. The Morgan fingerprint density at radius 2 is 1.93 bits per heavy atom. The van der Waals surface area contributed by atoms with Gasteiger partial charge in [0, 0.05) is 6.54 Å². The standard InChI is InChI=1S/C10H9F4N/c11-9-4-7(10(12,13)14)3-6-5-15-2-1-8(6)9/h3-4,15H,1-2,5H2. The summed E-state index contributed by atoms with van der Waals surface area (Å²) in [7, 11) is 0. The van der Waals surface area contributed by atoms with Crippen LogP contribution in [0.15, 0.2) is 12.1 Å². The van der Waals surface area contributed by atoms with Gasteiger partial charge < -0.3 is 5.32 Å². The normalized spacial score (nSPS) is 16.3. The van der Waals surface area contributed by atoms with Gasteiger partial charge in [0.2, 0.25) is 0 Å². The first-order valence-electron chi connectivity index (χ1n) is 4.57. The summed E-state index contributed by atoms with van der Waals surface area (Å²) in [5, 5.41) is 2.91. The van der Waals surface area contributed by atoms with Crippen molar-refractivity contribution in [1.29, 1.82) is 0 Å². The van der Waals surface area contributed by atoms with Gasteiger partial charge >= 0.3 is 6.18 Å². The van der Waals surface area contributed by atoms with E-state index in [1.165, 1.54) is 0 Å². The predicted octanol–water partition coefficient (Wildman–Crippen LogP) is 2.49. The Balaban J connectivity index is 2.50. The van der Waals surface area contributed by atoms with E-state index < -0.39 is 17.6 Å². The van der Waals surface area contributed by atoms with E-state index in [1.807, 2.05) is 0 Å². The van der Waals surface area contributed by atoms with Crippen LogP contribution in [0.25, 0.3) is 0 Å². The van der Waals surface area contributed by atoms with Crippen LogP contribution in [0.5, 0.6) is 0 Å². The van der Waals surface area contributed by atoms with Crippen molar-refractivity contribution in [1.82, 2.24) is 5.32 Å². The van der Waals surface area contributed by atoms with E-state index in [0.717, 1.165) is 6.07 Å². The van der Waals surface area contributed by atoms with Crippen molar-refractivity contribution < 1.29 is 17.6 Å². The molecule has 1 aliphatic rings. The third-order valence-electron chi connectivity index (χ3n) is 2.48. The van der Waals surface area contributed by atoms with Gasteiger partial charge in [-0.05, 0) is 36.2 Å². The number of halogens is 4. The van der Waals surface area contributed by atoms with Gasteiger partial charge in [0.05, 0.1) is 5.56 Å². The molecule has 1 nitrogen and oxygen atoms in total. The number of nitrogens with one attached hydrogen (secondary N) is 1. The largest absolute Gasteiger partial charge is 0.416 e. The minimum absolute atomic E-state index is 0.302. The zero-order valence-electron chi connectivity index (χ0n) is 7.79. The molecule has 0 bridgehead atoms. The van der Waals surface area contributed by atoms with Gasteiger partial charge in [0.25, 0.3) is 0 Å². The molecule has 5 heteroatoms. The van der Waals surface area contributed by atoms with E-state index in [2.05, 4.69) is 5.32 Å². The van der Waals surface area contributed by atoms with E-state index >= 15 is 0 Å². The quantitative estimate of drug-likeness (QED) is 0.661. The molecule has 15 heavy (non-hydrogen) atoms. The van der Waals surface area contributed by atoms with Gasteiger partial charge in [-0.15, -0.1) is 0 Å². The van der Waals surface area contributed by atoms with Crippen LogP contribution in [-0.4, -0.2) is 6.54 Å². The molecule has 0 fully saturated rings. The van der Waals surface area contributed by atoms with Crippen LogP contribution in [0, 0.1) is 5.82 Å². The van der Waals surface area contributed by atoms with Crippen molar-refractivity contribution >= 4 is 0 Å². The highest BCUT2D eigenvalue weighted by molar-refractivity contribution is 5.36. The topological polar surface area (TPSA) is 12.0 Å². The summed E-state index contributed by atoms with van der Waals surface area (Å²) >= 11 is 0. The van der Waals surface area contributed by atoms with E-state index in [1.54, 1.807) is 0 Å². The van der Waals surface area contributed by atoms with E-state index in [4.69, 9.17) is 0 Å². The molecular formula is C10H9F4N. The van der Waals surface area contributed by atoms with Crippen molar-refractivity contribution in [3.63, 3.8) is 0 Å². The molecule has 1 N–H and O–H groups in total. The van der Waals surface area contributed by atoms with Gasteiger partial charge in [0.1, 0.15) is 5.82 Å². The summed E-state index contributed by atoms with van der Waals surface area (Å²) in [5.41, 5.74) is -0.0993. The molecule has 1 aromatic rings. The van der Waals surface area contributed by atoms with E-state index in [0.29, 0.717) is 36.7 Å². The molecule has 1 aliphatic heterocycles. The van der Waals surface area contributed by atoms with Crippen molar-refractivity contribution in [2.24, 2.45) is 0 Å². The van der Waals surface area contributed by atoms with Crippen molar-refractivity contribution in [2.75, 3.05) is 6.54 Å². The monoisotopic (exact) mass is 219 g/mol. The van der Waals surface area contributed by atoms with Crippen LogP contribution in [0.2, 0.25) is 0 Å². The molecule has 0 spiro atoms. The number of hydrogen-bond acceptors (Lipinski definition) is 1. The highest BCUT2D eigenvalue weighted by Gasteiger charge is 2.32. The summed E-state index contributed by atoms with van der Waals surface area (Å²) in [5.74, 6) is -0.749. The minimum Gasteiger partial charge on any atom is -0.312 e. The Kier molecular flexibility index (Phi) is 2.42. The molecule has 2 rings (SSSR count). The summed E-state index contributed by atoms with van der Waals surface area (Å²) in [6.45, 7) is 0.908. The van der Waals surface area contributed by atoms with Gasteiger partial charge in [-0.25, -0.2) is 4.39 Å².